The Labute approximate surface area is 163 Å². The van der Waals surface area contributed by atoms with Crippen molar-refractivity contribution in [2.45, 2.75) is 6.92 Å². The molecule has 27 heavy (non-hydrogen) atoms. The zero-order chi connectivity index (χ0) is 19.6. The van der Waals surface area contributed by atoms with Gasteiger partial charge in [0.1, 0.15) is 17.5 Å². The number of benzene rings is 2. The van der Waals surface area contributed by atoms with Crippen LogP contribution in [0.2, 0.25) is 0 Å². The van der Waals surface area contributed by atoms with Gasteiger partial charge in [0.15, 0.2) is 0 Å². The number of nitrogens with zero attached hydrogens (tertiary/aromatic N) is 2. The van der Waals surface area contributed by atoms with E-state index in [1.807, 2.05) is 31.2 Å². The van der Waals surface area contributed by atoms with Crippen LogP contribution < -0.4 is 5.32 Å². The number of aromatic nitrogens is 2. The van der Waals surface area contributed by atoms with E-state index in [0.29, 0.717) is 5.82 Å². The molecule has 1 aromatic heterocycles. The van der Waals surface area contributed by atoms with Gasteiger partial charge in [0.2, 0.25) is 5.91 Å². The second-order valence-electron chi connectivity index (χ2n) is 5.90. The number of anilines is 1. The van der Waals surface area contributed by atoms with Crippen molar-refractivity contribution in [1.29, 1.82) is 0 Å². The number of amides is 1. The zero-order valence-corrected chi connectivity index (χ0v) is 16.2. The van der Waals surface area contributed by atoms with Crippen molar-refractivity contribution in [3.8, 4) is 11.1 Å². The van der Waals surface area contributed by atoms with E-state index in [-0.39, 0.29) is 5.56 Å². The molecular weight excluding hydrogens is 416 g/mol. The lowest BCUT2D eigenvalue weighted by molar-refractivity contribution is -0.111. The lowest BCUT2D eigenvalue weighted by Crippen LogP contribution is -2.12. The molecule has 2 aromatic carbocycles. The number of carbonyl (C=O) groups excluding carboxylic acids is 1. The molecule has 0 saturated heterocycles. The van der Waals surface area contributed by atoms with E-state index in [0.717, 1.165) is 45.6 Å². The Morgan fingerprint density at radius 1 is 1.15 bits per heavy atom. The van der Waals surface area contributed by atoms with Gasteiger partial charge in [0, 0.05) is 28.7 Å². The lowest BCUT2D eigenvalue weighted by Gasteiger charge is -2.08. The first kappa shape index (κ1) is 19.0. The molecule has 0 aliphatic rings. The van der Waals surface area contributed by atoms with E-state index in [1.165, 1.54) is 6.07 Å². The average Bonchev–Trinajstić information content (AvgIpc) is 2.89. The van der Waals surface area contributed by atoms with Crippen molar-refractivity contribution < 1.29 is 13.6 Å². The normalized spacial score (nSPS) is 11.1. The maximum atomic E-state index is 13.7. The Kier molecular flexibility index (Phi) is 5.51. The number of carbonyl (C=O) groups is 1. The van der Waals surface area contributed by atoms with Crippen molar-refractivity contribution in [1.82, 2.24) is 9.78 Å². The number of rotatable bonds is 4. The molecule has 1 heterocycles. The summed E-state index contributed by atoms with van der Waals surface area (Å²) < 4.78 is 29.8. The second-order valence-corrected chi connectivity index (χ2v) is 6.81. The quantitative estimate of drug-likeness (QED) is 0.584. The molecule has 3 rings (SSSR count). The van der Waals surface area contributed by atoms with E-state index in [2.05, 4.69) is 26.3 Å². The Morgan fingerprint density at radius 2 is 1.78 bits per heavy atom. The highest BCUT2D eigenvalue weighted by molar-refractivity contribution is 9.10. The van der Waals surface area contributed by atoms with Gasteiger partial charge < -0.3 is 5.32 Å². The van der Waals surface area contributed by atoms with Gasteiger partial charge in [-0.3, -0.25) is 9.48 Å². The van der Waals surface area contributed by atoms with E-state index in [9.17, 15) is 13.6 Å². The molecule has 0 spiro atoms. The third kappa shape index (κ3) is 4.14. The highest BCUT2D eigenvalue weighted by atomic mass is 79.9. The first-order valence-electron chi connectivity index (χ1n) is 8.09. The SMILES string of the molecule is Cc1nn(C)c(NC(=O)C=Cc2c(F)cccc2F)c1-c1ccc(Br)cc1. The average molecular weight is 432 g/mol. The lowest BCUT2D eigenvalue weighted by atomic mass is 10.1. The van der Waals surface area contributed by atoms with E-state index < -0.39 is 17.5 Å². The molecule has 0 atom stereocenters. The number of hydrogen-bond donors (Lipinski definition) is 1. The molecule has 0 unspecified atom stereocenters. The monoisotopic (exact) mass is 431 g/mol. The third-order valence-electron chi connectivity index (χ3n) is 4.00. The van der Waals surface area contributed by atoms with Gasteiger partial charge in [-0.1, -0.05) is 34.1 Å². The summed E-state index contributed by atoms with van der Waals surface area (Å²) >= 11 is 3.39. The van der Waals surface area contributed by atoms with Crippen LogP contribution in [0.25, 0.3) is 17.2 Å². The van der Waals surface area contributed by atoms with Crippen LogP contribution in [-0.4, -0.2) is 15.7 Å². The van der Waals surface area contributed by atoms with Gasteiger partial charge in [-0.25, -0.2) is 8.78 Å². The topological polar surface area (TPSA) is 46.9 Å². The fraction of sp³-hybridized carbons (Fsp3) is 0.100. The summed E-state index contributed by atoms with van der Waals surface area (Å²) in [7, 11) is 1.71. The van der Waals surface area contributed by atoms with Gasteiger partial charge in [0.05, 0.1) is 5.69 Å². The minimum Gasteiger partial charge on any atom is -0.307 e. The summed E-state index contributed by atoms with van der Waals surface area (Å²) in [5, 5.41) is 7.10. The highest BCUT2D eigenvalue weighted by Crippen LogP contribution is 2.31. The fourth-order valence-corrected chi connectivity index (χ4v) is 3.02. The van der Waals surface area contributed by atoms with Gasteiger partial charge in [0.25, 0.3) is 0 Å². The maximum Gasteiger partial charge on any atom is 0.249 e. The molecule has 0 aliphatic heterocycles. The van der Waals surface area contributed by atoms with Crippen LogP contribution in [0.1, 0.15) is 11.3 Å². The molecule has 1 amide bonds. The van der Waals surface area contributed by atoms with E-state index in [1.54, 1.807) is 11.7 Å². The first-order valence-corrected chi connectivity index (χ1v) is 8.88. The second kappa shape index (κ2) is 7.84. The van der Waals surface area contributed by atoms with Crippen molar-refractivity contribution in [2.24, 2.45) is 7.05 Å². The molecule has 3 aromatic rings. The molecule has 0 fully saturated rings. The van der Waals surface area contributed by atoms with Gasteiger partial charge >= 0.3 is 0 Å². The Bertz CT molecular complexity index is 1010. The minimum atomic E-state index is -0.731. The zero-order valence-electron chi connectivity index (χ0n) is 14.6. The van der Waals surface area contributed by atoms with Crippen LogP contribution >= 0.6 is 15.9 Å². The fourth-order valence-electron chi connectivity index (χ4n) is 2.75. The van der Waals surface area contributed by atoms with Crippen LogP contribution in [0.4, 0.5) is 14.6 Å². The summed E-state index contributed by atoms with van der Waals surface area (Å²) in [6, 6.07) is 11.2. The van der Waals surface area contributed by atoms with Crippen LogP contribution in [0.3, 0.4) is 0 Å². The first-order chi connectivity index (χ1) is 12.9. The van der Waals surface area contributed by atoms with Crippen molar-refractivity contribution >= 4 is 33.7 Å². The number of hydrogen-bond acceptors (Lipinski definition) is 2. The molecule has 7 heteroatoms. The molecule has 0 radical (unpaired) electrons. The number of nitrogens with one attached hydrogen (secondary N) is 1. The molecule has 1 N–H and O–H groups in total. The predicted molar refractivity (Wildman–Crippen MR) is 105 cm³/mol. The maximum absolute atomic E-state index is 13.7. The smallest absolute Gasteiger partial charge is 0.249 e. The van der Waals surface area contributed by atoms with E-state index in [4.69, 9.17) is 0 Å². The summed E-state index contributed by atoms with van der Waals surface area (Å²) in [4.78, 5) is 12.3. The minimum absolute atomic E-state index is 0.262. The Morgan fingerprint density at radius 3 is 2.41 bits per heavy atom. The van der Waals surface area contributed by atoms with Crippen molar-refractivity contribution in [3.63, 3.8) is 0 Å². The highest BCUT2D eigenvalue weighted by Gasteiger charge is 2.16. The molecule has 4 nitrogen and oxygen atoms in total. The molecule has 0 bridgehead atoms. The molecule has 138 valence electrons. The van der Waals surface area contributed by atoms with E-state index >= 15 is 0 Å². The third-order valence-corrected chi connectivity index (χ3v) is 4.53. The van der Waals surface area contributed by atoms with Crippen molar-refractivity contribution in [2.75, 3.05) is 5.32 Å². The van der Waals surface area contributed by atoms with Gasteiger partial charge in [-0.05, 0) is 42.8 Å². The van der Waals surface area contributed by atoms with Crippen LogP contribution in [0.15, 0.2) is 53.0 Å². The van der Waals surface area contributed by atoms with Crippen molar-refractivity contribution in [3.05, 3.63) is 75.9 Å². The molecular formula is C20H16BrF2N3O. The van der Waals surface area contributed by atoms with Gasteiger partial charge in [-0.2, -0.15) is 5.10 Å². The summed E-state index contributed by atoms with van der Waals surface area (Å²) in [6.07, 6.45) is 2.21. The Balaban J connectivity index is 1.88. The Hall–Kier alpha value is -2.80. The number of halogens is 3. The molecule has 0 saturated carbocycles. The summed E-state index contributed by atoms with van der Waals surface area (Å²) in [5.74, 6) is -1.48. The number of aryl methyl sites for hydroxylation is 2. The van der Waals surface area contributed by atoms with Crippen LogP contribution in [0.5, 0.6) is 0 Å². The summed E-state index contributed by atoms with van der Waals surface area (Å²) in [6.45, 7) is 1.84. The standard InChI is InChI=1S/C20H16BrF2N3O/c1-12-19(13-6-8-14(21)9-7-13)20(26(2)25-12)24-18(27)11-10-15-16(22)4-3-5-17(15)23/h3-11H,1-2H3,(H,24,27). The van der Waals surface area contributed by atoms with Crippen LogP contribution in [-0.2, 0) is 11.8 Å². The van der Waals surface area contributed by atoms with Gasteiger partial charge in [-0.15, -0.1) is 0 Å². The summed E-state index contributed by atoms with van der Waals surface area (Å²) in [5.41, 5.74) is 2.16. The predicted octanol–water partition coefficient (Wildman–Crippen LogP) is 5.09. The molecule has 0 aliphatic carbocycles. The largest absolute Gasteiger partial charge is 0.307 e. The van der Waals surface area contributed by atoms with Crippen LogP contribution in [0, 0.1) is 18.6 Å².